The van der Waals surface area contributed by atoms with Gasteiger partial charge < -0.3 is 9.42 Å². The van der Waals surface area contributed by atoms with Gasteiger partial charge in [0.1, 0.15) is 11.3 Å². The first-order chi connectivity index (χ1) is 10.1. The van der Waals surface area contributed by atoms with Crippen LogP contribution in [0.3, 0.4) is 0 Å². The average molecular weight is 282 g/mol. The predicted octanol–water partition coefficient (Wildman–Crippen LogP) is 2.20. The molecule has 0 spiro atoms. The maximum absolute atomic E-state index is 12.3. The van der Waals surface area contributed by atoms with Crippen LogP contribution in [-0.2, 0) is 6.54 Å². The molecule has 6 nitrogen and oxygen atoms in total. The van der Waals surface area contributed by atoms with Crippen LogP contribution in [0.2, 0.25) is 0 Å². The Hall–Kier alpha value is -2.76. The molecule has 21 heavy (non-hydrogen) atoms. The lowest BCUT2D eigenvalue weighted by Gasteiger charge is -2.15. The van der Waals surface area contributed by atoms with E-state index in [9.17, 15) is 4.79 Å². The number of carbonyl (C=O) groups is 1. The number of benzene rings is 1. The smallest absolute Gasteiger partial charge is 0.259 e. The lowest BCUT2D eigenvalue weighted by Crippen LogP contribution is -2.26. The molecule has 0 saturated heterocycles. The number of fused-ring (bicyclic) bond motifs is 1. The molecular weight excluding hydrogens is 268 g/mol. The van der Waals surface area contributed by atoms with Gasteiger partial charge in [0.05, 0.1) is 35.7 Å². The van der Waals surface area contributed by atoms with Crippen molar-refractivity contribution >= 4 is 16.9 Å². The van der Waals surface area contributed by atoms with Crippen molar-refractivity contribution in [3.63, 3.8) is 0 Å². The first kappa shape index (κ1) is 13.2. The third-order valence-corrected chi connectivity index (χ3v) is 3.23. The zero-order valence-corrected chi connectivity index (χ0v) is 11.8. The van der Waals surface area contributed by atoms with Crippen molar-refractivity contribution in [2.24, 2.45) is 0 Å². The van der Waals surface area contributed by atoms with Gasteiger partial charge in [0.15, 0.2) is 0 Å². The lowest BCUT2D eigenvalue weighted by molar-refractivity contribution is 0.0781. The zero-order chi connectivity index (χ0) is 14.8. The van der Waals surface area contributed by atoms with Crippen LogP contribution in [0.5, 0.6) is 0 Å². The van der Waals surface area contributed by atoms with E-state index in [1.165, 1.54) is 6.20 Å². The molecule has 0 radical (unpaired) electrons. The summed E-state index contributed by atoms with van der Waals surface area (Å²) in [5, 5.41) is 3.62. The van der Waals surface area contributed by atoms with Gasteiger partial charge in [0, 0.05) is 7.05 Å². The fourth-order valence-electron chi connectivity index (χ4n) is 2.10. The number of aromatic nitrogens is 3. The van der Waals surface area contributed by atoms with Crippen molar-refractivity contribution in [2.75, 3.05) is 7.05 Å². The number of rotatable bonds is 3. The number of amides is 1. The van der Waals surface area contributed by atoms with E-state index in [2.05, 4.69) is 15.1 Å². The molecule has 0 atom stereocenters. The van der Waals surface area contributed by atoms with Crippen LogP contribution < -0.4 is 0 Å². The minimum absolute atomic E-state index is 0.149. The van der Waals surface area contributed by atoms with Gasteiger partial charge in [-0.05, 0) is 19.1 Å². The molecule has 0 saturated carbocycles. The molecule has 3 rings (SSSR count). The van der Waals surface area contributed by atoms with Crippen LogP contribution in [0.15, 0.2) is 41.2 Å². The molecular formula is C15H14N4O2. The fourth-order valence-corrected chi connectivity index (χ4v) is 2.10. The van der Waals surface area contributed by atoms with Crippen molar-refractivity contribution < 1.29 is 9.32 Å². The van der Waals surface area contributed by atoms with Crippen molar-refractivity contribution in [1.29, 1.82) is 0 Å². The molecule has 6 heteroatoms. The van der Waals surface area contributed by atoms with E-state index in [4.69, 9.17) is 4.52 Å². The number of nitrogens with zero attached hydrogens (tertiary/aromatic N) is 4. The Kier molecular flexibility index (Phi) is 3.35. The summed E-state index contributed by atoms with van der Waals surface area (Å²) >= 11 is 0. The van der Waals surface area contributed by atoms with E-state index in [0.29, 0.717) is 17.9 Å². The highest BCUT2D eigenvalue weighted by atomic mass is 16.5. The molecule has 0 fully saturated rings. The third-order valence-electron chi connectivity index (χ3n) is 3.23. The maximum atomic E-state index is 12.3. The zero-order valence-electron chi connectivity index (χ0n) is 11.8. The number of carbonyl (C=O) groups excluding carboxylic acids is 1. The van der Waals surface area contributed by atoms with E-state index in [0.717, 1.165) is 16.7 Å². The van der Waals surface area contributed by atoms with Crippen LogP contribution in [0, 0.1) is 6.92 Å². The van der Waals surface area contributed by atoms with E-state index >= 15 is 0 Å². The van der Waals surface area contributed by atoms with Gasteiger partial charge in [0.2, 0.25) is 0 Å². The van der Waals surface area contributed by atoms with Crippen LogP contribution >= 0.6 is 0 Å². The van der Waals surface area contributed by atoms with Gasteiger partial charge in [-0.25, -0.2) is 4.98 Å². The van der Waals surface area contributed by atoms with Gasteiger partial charge in [-0.15, -0.1) is 0 Å². The molecule has 0 aliphatic carbocycles. The molecule has 0 N–H and O–H groups in total. The molecule has 3 aromatic rings. The van der Waals surface area contributed by atoms with Crippen molar-refractivity contribution in [2.45, 2.75) is 13.5 Å². The average Bonchev–Trinajstić information content (AvgIpc) is 2.92. The van der Waals surface area contributed by atoms with Crippen molar-refractivity contribution in [3.05, 3.63) is 53.7 Å². The minimum atomic E-state index is -0.149. The molecule has 0 bridgehead atoms. The molecule has 0 aliphatic heterocycles. The van der Waals surface area contributed by atoms with Crippen LogP contribution in [-0.4, -0.2) is 33.0 Å². The van der Waals surface area contributed by atoms with E-state index in [1.807, 2.05) is 24.3 Å². The highest BCUT2D eigenvalue weighted by Gasteiger charge is 2.18. The lowest BCUT2D eigenvalue weighted by atomic mass is 10.2. The molecule has 1 amide bonds. The summed E-state index contributed by atoms with van der Waals surface area (Å²) in [6.45, 7) is 2.09. The number of hydrogen-bond donors (Lipinski definition) is 0. The highest BCUT2D eigenvalue weighted by Crippen LogP contribution is 2.13. The Labute approximate surface area is 121 Å². The Bertz CT molecular complexity index is 797. The Morgan fingerprint density at radius 2 is 2.00 bits per heavy atom. The van der Waals surface area contributed by atoms with Gasteiger partial charge in [0.25, 0.3) is 5.91 Å². The van der Waals surface area contributed by atoms with Gasteiger partial charge in [-0.2, -0.15) is 0 Å². The SMILES string of the molecule is Cc1oncc1C(=O)N(C)Cc1cnc2ccccc2n1. The summed E-state index contributed by atoms with van der Waals surface area (Å²) in [5.41, 5.74) is 2.85. The second-order valence-corrected chi connectivity index (χ2v) is 4.81. The second-order valence-electron chi connectivity index (χ2n) is 4.81. The minimum Gasteiger partial charge on any atom is -0.361 e. The highest BCUT2D eigenvalue weighted by molar-refractivity contribution is 5.94. The van der Waals surface area contributed by atoms with Crippen LogP contribution in [0.1, 0.15) is 21.8 Å². The van der Waals surface area contributed by atoms with Gasteiger partial charge in [-0.3, -0.25) is 9.78 Å². The first-order valence-corrected chi connectivity index (χ1v) is 6.52. The van der Waals surface area contributed by atoms with Crippen LogP contribution in [0.25, 0.3) is 11.0 Å². The summed E-state index contributed by atoms with van der Waals surface area (Å²) in [5.74, 6) is 0.361. The summed E-state index contributed by atoms with van der Waals surface area (Å²) in [7, 11) is 1.71. The number of para-hydroxylation sites is 2. The quantitative estimate of drug-likeness (QED) is 0.736. The van der Waals surface area contributed by atoms with Gasteiger partial charge in [-0.1, -0.05) is 17.3 Å². The van der Waals surface area contributed by atoms with Crippen molar-refractivity contribution in [1.82, 2.24) is 20.0 Å². The molecule has 2 aromatic heterocycles. The topological polar surface area (TPSA) is 72.1 Å². The van der Waals surface area contributed by atoms with E-state index < -0.39 is 0 Å². The van der Waals surface area contributed by atoms with Gasteiger partial charge >= 0.3 is 0 Å². The monoisotopic (exact) mass is 282 g/mol. The largest absolute Gasteiger partial charge is 0.361 e. The molecule has 0 unspecified atom stereocenters. The Balaban J connectivity index is 1.81. The van der Waals surface area contributed by atoms with E-state index in [-0.39, 0.29) is 5.91 Å². The maximum Gasteiger partial charge on any atom is 0.259 e. The summed E-state index contributed by atoms with van der Waals surface area (Å²) in [6.07, 6.45) is 3.12. The Morgan fingerprint density at radius 3 is 2.71 bits per heavy atom. The first-order valence-electron chi connectivity index (χ1n) is 6.52. The standard InChI is InChI=1S/C15H14N4O2/c1-10-12(8-17-21-10)15(20)19(2)9-11-7-16-13-5-3-4-6-14(13)18-11/h3-8H,9H2,1-2H3. The summed E-state index contributed by atoms with van der Waals surface area (Å²) in [4.78, 5) is 22.7. The van der Waals surface area contributed by atoms with Crippen LogP contribution in [0.4, 0.5) is 0 Å². The molecule has 0 aliphatic rings. The third kappa shape index (κ3) is 2.60. The summed E-state index contributed by atoms with van der Waals surface area (Å²) in [6, 6.07) is 7.64. The summed E-state index contributed by atoms with van der Waals surface area (Å²) < 4.78 is 4.92. The predicted molar refractivity (Wildman–Crippen MR) is 76.6 cm³/mol. The van der Waals surface area contributed by atoms with E-state index in [1.54, 1.807) is 25.1 Å². The normalized spacial score (nSPS) is 10.8. The number of aryl methyl sites for hydroxylation is 1. The number of hydrogen-bond acceptors (Lipinski definition) is 5. The molecule has 2 heterocycles. The second kappa shape index (κ2) is 5.32. The van der Waals surface area contributed by atoms with Crippen molar-refractivity contribution in [3.8, 4) is 0 Å². The molecule has 106 valence electrons. The fraction of sp³-hybridized carbons (Fsp3) is 0.200. The molecule has 1 aromatic carbocycles. The Morgan fingerprint density at radius 1 is 1.24 bits per heavy atom.